The van der Waals surface area contributed by atoms with Crippen molar-refractivity contribution in [2.45, 2.75) is 19.0 Å². The van der Waals surface area contributed by atoms with Gasteiger partial charge in [0.1, 0.15) is 11.6 Å². The first-order valence-electron chi connectivity index (χ1n) is 9.82. The van der Waals surface area contributed by atoms with Crippen LogP contribution in [-0.4, -0.2) is 21.0 Å². The van der Waals surface area contributed by atoms with E-state index in [2.05, 4.69) is 15.2 Å². The van der Waals surface area contributed by atoms with E-state index in [1.807, 2.05) is 30.3 Å². The van der Waals surface area contributed by atoms with Gasteiger partial charge in [-0.25, -0.2) is 4.98 Å². The Hall–Kier alpha value is -3.94. The minimum absolute atomic E-state index is 0.0635. The van der Waals surface area contributed by atoms with Crippen LogP contribution in [0.15, 0.2) is 73.1 Å². The lowest BCUT2D eigenvalue weighted by atomic mass is 9.98. The highest BCUT2D eigenvalue weighted by Gasteiger charge is 2.30. The molecule has 4 aromatic rings. The molecule has 0 aliphatic carbocycles. The van der Waals surface area contributed by atoms with Gasteiger partial charge in [0.05, 0.1) is 17.5 Å². The van der Waals surface area contributed by atoms with E-state index in [0.717, 1.165) is 40.1 Å². The van der Waals surface area contributed by atoms with Crippen molar-refractivity contribution in [3.05, 3.63) is 89.7 Å². The number of nitrogens with two attached hydrogens (primary N) is 1. The van der Waals surface area contributed by atoms with Crippen molar-refractivity contribution in [2.75, 3.05) is 5.73 Å². The standard InChI is InChI=1S/C24H19F3N4O/c25-24(26,27)19-6-4-15(5-7-19)11-20(32)12-16-2-1-3-18(10-16)23-21(14-30-31-23)17-8-9-29-22(28)13-17/h1-10,13-14H,11-12H2,(H2,28,29)(H,30,31). The summed E-state index contributed by atoms with van der Waals surface area (Å²) < 4.78 is 38.1. The third-order valence-electron chi connectivity index (χ3n) is 5.03. The molecule has 2 aromatic carbocycles. The van der Waals surface area contributed by atoms with Gasteiger partial charge in [0.2, 0.25) is 0 Å². The summed E-state index contributed by atoms with van der Waals surface area (Å²) >= 11 is 0. The van der Waals surface area contributed by atoms with Gasteiger partial charge in [-0.2, -0.15) is 18.3 Å². The summed E-state index contributed by atoms with van der Waals surface area (Å²) in [5.41, 5.74) is 9.77. The van der Waals surface area contributed by atoms with Crippen LogP contribution in [0.3, 0.4) is 0 Å². The predicted octanol–water partition coefficient (Wildman–Crippen LogP) is 5.09. The molecule has 8 heteroatoms. The number of nitrogens with zero attached hydrogens (tertiary/aromatic N) is 2. The number of aromatic amines is 1. The molecule has 5 nitrogen and oxygen atoms in total. The zero-order chi connectivity index (χ0) is 22.7. The van der Waals surface area contributed by atoms with Crippen molar-refractivity contribution < 1.29 is 18.0 Å². The fraction of sp³-hybridized carbons (Fsp3) is 0.125. The number of aromatic nitrogens is 3. The van der Waals surface area contributed by atoms with Gasteiger partial charge in [0.25, 0.3) is 0 Å². The van der Waals surface area contributed by atoms with Crippen LogP contribution in [0.1, 0.15) is 16.7 Å². The number of anilines is 1. The van der Waals surface area contributed by atoms with Crippen molar-refractivity contribution in [3.63, 3.8) is 0 Å². The average molecular weight is 436 g/mol. The number of hydrogen-bond donors (Lipinski definition) is 2. The Kier molecular flexibility index (Phi) is 5.77. The summed E-state index contributed by atoms with van der Waals surface area (Å²) in [7, 11) is 0. The number of carbonyl (C=O) groups excluding carboxylic acids is 1. The van der Waals surface area contributed by atoms with Crippen LogP contribution >= 0.6 is 0 Å². The third kappa shape index (κ3) is 4.85. The Morgan fingerprint density at radius 1 is 0.938 bits per heavy atom. The summed E-state index contributed by atoms with van der Waals surface area (Å²) in [5, 5.41) is 7.13. The molecule has 0 aliphatic rings. The largest absolute Gasteiger partial charge is 0.416 e. The Labute approximate surface area is 182 Å². The number of H-pyrrole nitrogens is 1. The minimum Gasteiger partial charge on any atom is -0.384 e. The maximum atomic E-state index is 12.7. The van der Waals surface area contributed by atoms with Gasteiger partial charge >= 0.3 is 6.18 Å². The van der Waals surface area contributed by atoms with Crippen LogP contribution in [0, 0.1) is 0 Å². The molecule has 0 fully saturated rings. The smallest absolute Gasteiger partial charge is 0.384 e. The van der Waals surface area contributed by atoms with Crippen molar-refractivity contribution in [2.24, 2.45) is 0 Å². The van der Waals surface area contributed by atoms with E-state index in [1.54, 1.807) is 18.5 Å². The van der Waals surface area contributed by atoms with E-state index in [-0.39, 0.29) is 18.6 Å². The number of halogens is 3. The molecule has 0 bridgehead atoms. The molecule has 0 aliphatic heterocycles. The van der Waals surface area contributed by atoms with Crippen molar-refractivity contribution >= 4 is 11.6 Å². The van der Waals surface area contributed by atoms with E-state index >= 15 is 0 Å². The summed E-state index contributed by atoms with van der Waals surface area (Å²) in [6, 6.07) is 15.8. The highest BCUT2D eigenvalue weighted by molar-refractivity contribution is 5.85. The van der Waals surface area contributed by atoms with Crippen molar-refractivity contribution in [1.82, 2.24) is 15.2 Å². The zero-order valence-electron chi connectivity index (χ0n) is 16.9. The molecule has 2 heterocycles. The minimum atomic E-state index is -4.39. The fourth-order valence-electron chi connectivity index (χ4n) is 3.51. The monoisotopic (exact) mass is 436 g/mol. The molecule has 2 aromatic heterocycles. The van der Waals surface area contributed by atoms with Gasteiger partial charge in [-0.1, -0.05) is 30.3 Å². The normalized spacial score (nSPS) is 11.5. The first-order valence-corrected chi connectivity index (χ1v) is 9.82. The Morgan fingerprint density at radius 3 is 2.41 bits per heavy atom. The van der Waals surface area contributed by atoms with Gasteiger partial charge < -0.3 is 5.73 Å². The van der Waals surface area contributed by atoms with Crippen molar-refractivity contribution in [3.8, 4) is 22.4 Å². The fourth-order valence-corrected chi connectivity index (χ4v) is 3.51. The summed E-state index contributed by atoms with van der Waals surface area (Å²) in [6.45, 7) is 0. The average Bonchev–Trinajstić information content (AvgIpc) is 3.24. The van der Waals surface area contributed by atoms with Gasteiger partial charge in [0, 0.05) is 30.2 Å². The maximum Gasteiger partial charge on any atom is 0.416 e. The van der Waals surface area contributed by atoms with Gasteiger partial charge in [0.15, 0.2) is 0 Å². The van der Waals surface area contributed by atoms with Gasteiger partial charge in [-0.15, -0.1) is 0 Å². The van der Waals surface area contributed by atoms with E-state index in [1.165, 1.54) is 12.1 Å². The van der Waals surface area contributed by atoms with Crippen LogP contribution in [0.4, 0.5) is 19.0 Å². The maximum absolute atomic E-state index is 12.7. The predicted molar refractivity (Wildman–Crippen MR) is 116 cm³/mol. The first kappa shape index (κ1) is 21.3. The Morgan fingerprint density at radius 2 is 1.69 bits per heavy atom. The molecular formula is C24H19F3N4O. The summed E-state index contributed by atoms with van der Waals surface area (Å²) in [6.07, 6.45) is -0.838. The number of hydrogen-bond acceptors (Lipinski definition) is 4. The lowest BCUT2D eigenvalue weighted by Crippen LogP contribution is -2.08. The van der Waals surface area contributed by atoms with E-state index in [9.17, 15) is 18.0 Å². The lowest BCUT2D eigenvalue weighted by molar-refractivity contribution is -0.137. The third-order valence-corrected chi connectivity index (χ3v) is 5.03. The topological polar surface area (TPSA) is 84.7 Å². The Bertz CT molecular complexity index is 1250. The quantitative estimate of drug-likeness (QED) is 0.441. The van der Waals surface area contributed by atoms with Crippen LogP contribution in [0.25, 0.3) is 22.4 Å². The molecule has 0 amide bonds. The number of pyridine rings is 1. The van der Waals surface area contributed by atoms with Crippen LogP contribution in [0.5, 0.6) is 0 Å². The molecule has 0 spiro atoms. The molecule has 0 unspecified atom stereocenters. The Balaban J connectivity index is 1.50. The van der Waals surface area contributed by atoms with Crippen molar-refractivity contribution in [1.29, 1.82) is 0 Å². The van der Waals surface area contributed by atoms with Crippen LogP contribution < -0.4 is 5.73 Å². The number of nitrogens with one attached hydrogen (secondary N) is 1. The second-order valence-electron chi connectivity index (χ2n) is 7.42. The number of alkyl halides is 3. The summed E-state index contributed by atoms with van der Waals surface area (Å²) in [5.74, 6) is 0.311. The second kappa shape index (κ2) is 8.66. The zero-order valence-corrected chi connectivity index (χ0v) is 16.9. The number of ketones is 1. The molecule has 4 rings (SSSR count). The lowest BCUT2D eigenvalue weighted by Gasteiger charge is -2.08. The molecule has 0 atom stereocenters. The molecule has 32 heavy (non-hydrogen) atoms. The number of nitrogen functional groups attached to an aromatic ring is 1. The highest BCUT2D eigenvalue weighted by Crippen LogP contribution is 2.31. The molecule has 0 saturated carbocycles. The molecule has 0 radical (unpaired) electrons. The highest BCUT2D eigenvalue weighted by atomic mass is 19.4. The van der Waals surface area contributed by atoms with E-state index in [0.29, 0.717) is 11.4 Å². The summed E-state index contributed by atoms with van der Waals surface area (Å²) in [4.78, 5) is 16.5. The van der Waals surface area contributed by atoms with E-state index in [4.69, 9.17) is 5.73 Å². The van der Waals surface area contributed by atoms with Gasteiger partial charge in [-0.3, -0.25) is 9.89 Å². The van der Waals surface area contributed by atoms with Crippen LogP contribution in [-0.2, 0) is 23.8 Å². The molecule has 162 valence electrons. The number of Topliss-reactive ketones (excluding diaryl/α,β-unsaturated/α-hetero) is 1. The SMILES string of the molecule is Nc1cc(-c2cn[nH]c2-c2cccc(CC(=O)Cc3ccc(C(F)(F)F)cc3)c2)ccn1. The molecule has 3 N–H and O–H groups in total. The number of carbonyl (C=O) groups is 1. The first-order chi connectivity index (χ1) is 15.3. The molecule has 0 saturated heterocycles. The second-order valence-corrected chi connectivity index (χ2v) is 7.42. The number of rotatable bonds is 6. The van der Waals surface area contributed by atoms with Gasteiger partial charge in [-0.05, 0) is 47.0 Å². The molecular weight excluding hydrogens is 417 g/mol. The van der Waals surface area contributed by atoms with E-state index < -0.39 is 11.7 Å². The van der Waals surface area contributed by atoms with Crippen LogP contribution in [0.2, 0.25) is 0 Å². The number of benzene rings is 2.